The van der Waals surface area contributed by atoms with E-state index in [0.29, 0.717) is 36.8 Å². The van der Waals surface area contributed by atoms with E-state index in [4.69, 9.17) is 4.52 Å². The molecule has 2 amide bonds. The van der Waals surface area contributed by atoms with Crippen molar-refractivity contribution in [3.8, 4) is 0 Å². The topological polar surface area (TPSA) is 143 Å². The maximum Gasteiger partial charge on any atom is 0.241 e. The summed E-state index contributed by atoms with van der Waals surface area (Å²) in [6.07, 6.45) is 1.10. The van der Waals surface area contributed by atoms with Crippen LogP contribution in [0.3, 0.4) is 0 Å². The highest BCUT2D eigenvalue weighted by Crippen LogP contribution is 2.14. The van der Waals surface area contributed by atoms with E-state index in [-0.39, 0.29) is 10.8 Å². The average molecular weight is 409 g/mol. The molecule has 152 valence electrons. The number of rotatable bonds is 9. The van der Waals surface area contributed by atoms with Gasteiger partial charge < -0.3 is 15.2 Å². The van der Waals surface area contributed by atoms with Gasteiger partial charge in [0, 0.05) is 25.6 Å². The third kappa shape index (κ3) is 6.43. The maximum atomic E-state index is 12.4. The number of carbonyl (C=O) groups excluding carboxylic acids is 2. The summed E-state index contributed by atoms with van der Waals surface area (Å²) in [5.74, 6) is 0.337. The van der Waals surface area contributed by atoms with Crippen molar-refractivity contribution in [3.05, 3.63) is 36.0 Å². The van der Waals surface area contributed by atoms with Gasteiger partial charge in [-0.3, -0.25) is 9.59 Å². The van der Waals surface area contributed by atoms with E-state index in [2.05, 4.69) is 25.5 Å². The number of amides is 2. The molecule has 1 atom stereocenters. The van der Waals surface area contributed by atoms with E-state index >= 15 is 0 Å². The number of nitrogens with one attached hydrogen (secondary N) is 3. The Bertz CT molecular complexity index is 924. The first kappa shape index (κ1) is 21.5. The second kappa shape index (κ2) is 9.42. The van der Waals surface area contributed by atoms with Gasteiger partial charge in [-0.2, -0.15) is 9.71 Å². The predicted molar refractivity (Wildman–Crippen MR) is 101 cm³/mol. The summed E-state index contributed by atoms with van der Waals surface area (Å²) < 4.78 is 32.1. The largest absolute Gasteiger partial charge is 0.355 e. The minimum Gasteiger partial charge on any atom is -0.355 e. The van der Waals surface area contributed by atoms with Gasteiger partial charge in [0.2, 0.25) is 27.7 Å². The summed E-state index contributed by atoms with van der Waals surface area (Å²) >= 11 is 0. The molecule has 2 rings (SSSR count). The maximum absolute atomic E-state index is 12.4. The van der Waals surface area contributed by atoms with Crippen LogP contribution in [-0.4, -0.2) is 43.0 Å². The van der Waals surface area contributed by atoms with Gasteiger partial charge in [-0.25, -0.2) is 8.42 Å². The molecule has 0 radical (unpaired) electrons. The first-order valence-electron chi connectivity index (χ1n) is 8.64. The second-order valence-corrected chi connectivity index (χ2v) is 7.89. The molecule has 0 fully saturated rings. The molecule has 0 aliphatic rings. The van der Waals surface area contributed by atoms with Crippen LogP contribution in [-0.2, 0) is 26.0 Å². The van der Waals surface area contributed by atoms with E-state index in [1.165, 1.54) is 38.1 Å². The Balaban J connectivity index is 1.83. The van der Waals surface area contributed by atoms with E-state index in [0.717, 1.165) is 0 Å². The quantitative estimate of drug-likeness (QED) is 0.519. The molecule has 28 heavy (non-hydrogen) atoms. The van der Waals surface area contributed by atoms with Crippen molar-refractivity contribution in [3.63, 3.8) is 0 Å². The fourth-order valence-electron chi connectivity index (χ4n) is 2.32. The summed E-state index contributed by atoms with van der Waals surface area (Å²) in [5.41, 5.74) is 0.480. The van der Waals surface area contributed by atoms with E-state index < -0.39 is 22.0 Å². The number of anilines is 1. The van der Waals surface area contributed by atoms with E-state index in [1.54, 1.807) is 6.92 Å². The Kier molecular flexibility index (Phi) is 7.24. The molecule has 3 N–H and O–H groups in total. The monoisotopic (exact) mass is 409 g/mol. The number of hydrogen-bond acceptors (Lipinski definition) is 7. The lowest BCUT2D eigenvalue weighted by Gasteiger charge is -2.14. The van der Waals surface area contributed by atoms with Crippen LogP contribution >= 0.6 is 0 Å². The number of aromatic nitrogens is 2. The minimum absolute atomic E-state index is 0.00647. The van der Waals surface area contributed by atoms with Crippen molar-refractivity contribution in [2.24, 2.45) is 0 Å². The first-order valence-corrected chi connectivity index (χ1v) is 10.1. The lowest BCUT2D eigenvalue weighted by Crippen LogP contribution is -2.45. The lowest BCUT2D eigenvalue weighted by atomic mass is 10.3. The third-order valence-corrected chi connectivity index (χ3v) is 5.20. The van der Waals surface area contributed by atoms with Crippen molar-refractivity contribution in [1.82, 2.24) is 20.2 Å². The van der Waals surface area contributed by atoms with Gasteiger partial charge in [0.15, 0.2) is 5.82 Å². The molecule has 2 aromatic rings. The number of hydrogen-bond donors (Lipinski definition) is 3. The van der Waals surface area contributed by atoms with Crippen molar-refractivity contribution in [2.75, 3.05) is 11.9 Å². The van der Waals surface area contributed by atoms with E-state index in [9.17, 15) is 18.0 Å². The Labute approximate surface area is 163 Å². The first-order chi connectivity index (χ1) is 13.2. The number of benzene rings is 1. The van der Waals surface area contributed by atoms with Gasteiger partial charge in [-0.05, 0) is 44.5 Å². The predicted octanol–water partition coefficient (Wildman–Crippen LogP) is 0.752. The van der Waals surface area contributed by atoms with Crippen LogP contribution in [0.15, 0.2) is 33.7 Å². The fraction of sp³-hybridized carbons (Fsp3) is 0.412. The SMILES string of the molecule is CC(=O)Nc1ccc(S(=O)(=O)N[C@@H](C)C(=O)NCCCc2nc(C)no2)cc1. The Morgan fingerprint density at radius 2 is 1.89 bits per heavy atom. The van der Waals surface area contributed by atoms with Gasteiger partial charge in [0.05, 0.1) is 10.9 Å². The molecule has 1 aromatic carbocycles. The van der Waals surface area contributed by atoms with Crippen LogP contribution in [0.5, 0.6) is 0 Å². The van der Waals surface area contributed by atoms with Crippen molar-refractivity contribution in [1.29, 1.82) is 0 Å². The molecule has 0 spiro atoms. The van der Waals surface area contributed by atoms with Gasteiger partial charge in [0.1, 0.15) is 0 Å². The average Bonchev–Trinajstić information content (AvgIpc) is 3.03. The molecule has 1 aromatic heterocycles. The molecule has 0 saturated carbocycles. The van der Waals surface area contributed by atoms with Gasteiger partial charge >= 0.3 is 0 Å². The highest BCUT2D eigenvalue weighted by molar-refractivity contribution is 7.89. The molecule has 1 heterocycles. The number of sulfonamides is 1. The highest BCUT2D eigenvalue weighted by Gasteiger charge is 2.21. The van der Waals surface area contributed by atoms with Crippen molar-refractivity contribution < 1.29 is 22.5 Å². The smallest absolute Gasteiger partial charge is 0.241 e. The summed E-state index contributed by atoms with van der Waals surface area (Å²) in [7, 11) is -3.88. The molecular formula is C17H23N5O5S. The highest BCUT2D eigenvalue weighted by atomic mass is 32.2. The van der Waals surface area contributed by atoms with Gasteiger partial charge in [-0.1, -0.05) is 5.16 Å². The molecule has 10 nitrogen and oxygen atoms in total. The Morgan fingerprint density at radius 3 is 2.46 bits per heavy atom. The normalized spacial score (nSPS) is 12.4. The fourth-order valence-corrected chi connectivity index (χ4v) is 3.52. The molecule has 0 bridgehead atoms. The summed E-state index contributed by atoms with van der Waals surface area (Å²) in [6.45, 7) is 4.88. The third-order valence-electron chi connectivity index (χ3n) is 3.65. The molecule has 0 aliphatic carbocycles. The summed E-state index contributed by atoms with van der Waals surface area (Å²) in [4.78, 5) is 27.2. The molecule has 0 aliphatic heterocycles. The van der Waals surface area contributed by atoms with Crippen LogP contribution < -0.4 is 15.4 Å². The van der Waals surface area contributed by atoms with Crippen LogP contribution in [0.4, 0.5) is 5.69 Å². The molecular weight excluding hydrogens is 386 g/mol. The van der Waals surface area contributed by atoms with Gasteiger partial charge in [-0.15, -0.1) is 0 Å². The zero-order chi connectivity index (χ0) is 20.7. The number of aryl methyl sites for hydroxylation is 2. The molecule has 11 heteroatoms. The second-order valence-electron chi connectivity index (χ2n) is 6.18. The Morgan fingerprint density at radius 1 is 1.21 bits per heavy atom. The van der Waals surface area contributed by atoms with Crippen molar-refractivity contribution in [2.45, 2.75) is 44.6 Å². The minimum atomic E-state index is -3.88. The molecule has 0 saturated heterocycles. The van der Waals surface area contributed by atoms with Crippen LogP contribution in [0.2, 0.25) is 0 Å². The van der Waals surface area contributed by atoms with Crippen LogP contribution in [0.25, 0.3) is 0 Å². The number of carbonyl (C=O) groups is 2. The molecule has 0 unspecified atom stereocenters. The Hall–Kier alpha value is -2.79. The van der Waals surface area contributed by atoms with Crippen molar-refractivity contribution >= 4 is 27.5 Å². The zero-order valence-corrected chi connectivity index (χ0v) is 16.7. The number of nitrogens with zero attached hydrogens (tertiary/aromatic N) is 2. The summed E-state index contributed by atoms with van der Waals surface area (Å²) in [6, 6.07) is 4.69. The van der Waals surface area contributed by atoms with Crippen LogP contribution in [0, 0.1) is 6.92 Å². The standard InChI is InChI=1S/C17H23N5O5S/c1-11(17(24)18-10-4-5-16-19-12(2)21-27-16)22-28(25,26)15-8-6-14(7-9-15)20-13(3)23/h6-9,11,22H,4-5,10H2,1-3H3,(H,18,24)(H,20,23)/t11-/m0/s1. The van der Waals surface area contributed by atoms with E-state index in [1.807, 2.05) is 0 Å². The lowest BCUT2D eigenvalue weighted by molar-refractivity contribution is -0.122. The zero-order valence-electron chi connectivity index (χ0n) is 15.9. The summed E-state index contributed by atoms with van der Waals surface area (Å²) in [5, 5.41) is 8.89. The van der Waals surface area contributed by atoms with Crippen LogP contribution in [0.1, 0.15) is 32.0 Å². The van der Waals surface area contributed by atoms with Gasteiger partial charge in [0.25, 0.3) is 0 Å².